The number of aromatic nitrogens is 4. The first-order valence-corrected chi connectivity index (χ1v) is 10.0. The third-order valence-corrected chi connectivity index (χ3v) is 5.29. The minimum atomic E-state index is 0.0132. The number of benzene rings is 2. The third kappa shape index (κ3) is 3.61. The molecule has 0 bridgehead atoms. The molecule has 1 aliphatic heterocycles. The monoisotopic (exact) mass is 399 g/mol. The molecule has 1 amide bonds. The van der Waals surface area contributed by atoms with E-state index in [1.165, 1.54) is 0 Å². The number of ether oxygens (including phenoxy) is 1. The number of hydrogen-bond acceptors (Lipinski definition) is 5. The van der Waals surface area contributed by atoms with Crippen LogP contribution in [-0.4, -0.2) is 49.6 Å². The molecule has 7 nitrogen and oxygen atoms in total. The molecule has 1 fully saturated rings. The molecule has 150 valence electrons. The molecule has 2 aromatic heterocycles. The lowest BCUT2D eigenvalue weighted by Crippen LogP contribution is -2.44. The van der Waals surface area contributed by atoms with Gasteiger partial charge in [-0.15, -0.1) is 10.2 Å². The second kappa shape index (κ2) is 7.94. The normalized spacial score (nSPS) is 16.5. The highest BCUT2D eigenvalue weighted by Gasteiger charge is 2.25. The summed E-state index contributed by atoms with van der Waals surface area (Å²) in [6.07, 6.45) is 5.45. The number of likely N-dealkylation sites (tertiary alicyclic amines) is 1. The summed E-state index contributed by atoms with van der Waals surface area (Å²) in [4.78, 5) is 19.1. The molecule has 1 atom stereocenters. The fourth-order valence-electron chi connectivity index (χ4n) is 3.79. The molecule has 0 saturated carbocycles. The van der Waals surface area contributed by atoms with E-state index in [4.69, 9.17) is 4.74 Å². The Balaban J connectivity index is 1.30. The van der Waals surface area contributed by atoms with Gasteiger partial charge >= 0.3 is 0 Å². The molecule has 1 aliphatic rings. The molecule has 0 N–H and O–H groups in total. The van der Waals surface area contributed by atoms with E-state index in [0.717, 1.165) is 30.7 Å². The Kier molecular flexibility index (Phi) is 4.85. The summed E-state index contributed by atoms with van der Waals surface area (Å²) in [6, 6.07) is 19.1. The van der Waals surface area contributed by atoms with Crippen molar-refractivity contribution in [2.75, 3.05) is 13.1 Å². The Hall–Kier alpha value is -3.74. The van der Waals surface area contributed by atoms with Crippen LogP contribution in [0.3, 0.4) is 0 Å². The van der Waals surface area contributed by atoms with Crippen LogP contribution in [0.15, 0.2) is 73.1 Å². The topological polar surface area (TPSA) is 72.6 Å². The largest absolute Gasteiger partial charge is 0.489 e. The Morgan fingerprint density at radius 1 is 1.00 bits per heavy atom. The molecular formula is C23H21N5O2. The van der Waals surface area contributed by atoms with Gasteiger partial charge in [-0.2, -0.15) is 0 Å². The molecule has 7 heteroatoms. The predicted molar refractivity (Wildman–Crippen MR) is 112 cm³/mol. The van der Waals surface area contributed by atoms with Crippen LogP contribution in [0.5, 0.6) is 5.75 Å². The molecule has 1 saturated heterocycles. The second-order valence-electron chi connectivity index (χ2n) is 7.34. The molecule has 5 rings (SSSR count). The van der Waals surface area contributed by atoms with E-state index in [9.17, 15) is 4.79 Å². The van der Waals surface area contributed by atoms with Gasteiger partial charge in [0.05, 0.1) is 6.54 Å². The number of para-hydroxylation sites is 1. The van der Waals surface area contributed by atoms with E-state index in [0.29, 0.717) is 23.7 Å². The van der Waals surface area contributed by atoms with Crippen molar-refractivity contribution < 1.29 is 9.53 Å². The van der Waals surface area contributed by atoms with E-state index in [-0.39, 0.29) is 12.0 Å². The maximum atomic E-state index is 13.0. The van der Waals surface area contributed by atoms with Crippen molar-refractivity contribution >= 4 is 11.7 Å². The number of hydrogen-bond donors (Lipinski definition) is 0. The lowest BCUT2D eigenvalue weighted by atomic mass is 10.1. The third-order valence-electron chi connectivity index (χ3n) is 5.29. The second-order valence-corrected chi connectivity index (χ2v) is 7.34. The van der Waals surface area contributed by atoms with Gasteiger partial charge in [0.25, 0.3) is 11.7 Å². The minimum absolute atomic E-state index is 0.0132. The fraction of sp³-hybridized carbons (Fsp3) is 0.217. The lowest BCUT2D eigenvalue weighted by Gasteiger charge is -2.33. The number of rotatable bonds is 4. The quantitative estimate of drug-likeness (QED) is 0.525. The standard InChI is InChI=1S/C23H21N5O2/c29-22(27-14-4-8-20(16-27)30-19-6-2-1-3-7-19)18-11-9-17(10-12-18)21-25-26-23-24-13-5-15-28(21)23/h1-3,5-7,9-13,15,20H,4,8,14,16H2. The molecule has 0 aliphatic carbocycles. The van der Waals surface area contributed by atoms with Crippen molar-refractivity contribution in [1.82, 2.24) is 24.5 Å². The van der Waals surface area contributed by atoms with Gasteiger partial charge < -0.3 is 9.64 Å². The van der Waals surface area contributed by atoms with Crippen LogP contribution in [-0.2, 0) is 0 Å². The van der Waals surface area contributed by atoms with E-state index < -0.39 is 0 Å². The van der Waals surface area contributed by atoms with Crippen molar-refractivity contribution in [3.8, 4) is 17.1 Å². The van der Waals surface area contributed by atoms with Gasteiger partial charge in [-0.05, 0) is 43.2 Å². The summed E-state index contributed by atoms with van der Waals surface area (Å²) < 4.78 is 7.89. The van der Waals surface area contributed by atoms with E-state index in [1.807, 2.05) is 76.2 Å². The molecule has 0 spiro atoms. The van der Waals surface area contributed by atoms with Crippen molar-refractivity contribution in [2.24, 2.45) is 0 Å². The first-order valence-electron chi connectivity index (χ1n) is 10.0. The summed E-state index contributed by atoms with van der Waals surface area (Å²) >= 11 is 0. The molecule has 2 aromatic carbocycles. The number of amides is 1. The maximum Gasteiger partial charge on any atom is 0.255 e. The molecular weight excluding hydrogens is 378 g/mol. The zero-order valence-corrected chi connectivity index (χ0v) is 16.4. The molecule has 30 heavy (non-hydrogen) atoms. The maximum absolute atomic E-state index is 13.0. The zero-order valence-electron chi connectivity index (χ0n) is 16.4. The summed E-state index contributed by atoms with van der Waals surface area (Å²) in [5.41, 5.74) is 1.54. The summed E-state index contributed by atoms with van der Waals surface area (Å²) in [7, 11) is 0. The number of fused-ring (bicyclic) bond motifs is 1. The molecule has 0 radical (unpaired) electrons. The predicted octanol–water partition coefficient (Wildman–Crippen LogP) is 3.47. The van der Waals surface area contributed by atoms with Gasteiger partial charge in [0.2, 0.25) is 0 Å². The van der Waals surface area contributed by atoms with Crippen molar-refractivity contribution in [3.05, 3.63) is 78.6 Å². The van der Waals surface area contributed by atoms with Gasteiger partial charge in [-0.1, -0.05) is 30.3 Å². The number of carbonyl (C=O) groups is 1. The Morgan fingerprint density at radius 3 is 2.67 bits per heavy atom. The van der Waals surface area contributed by atoms with E-state index >= 15 is 0 Å². The summed E-state index contributed by atoms with van der Waals surface area (Å²) in [5.74, 6) is 2.11. The van der Waals surface area contributed by atoms with Gasteiger partial charge in [0.15, 0.2) is 5.82 Å². The average Bonchev–Trinajstić information content (AvgIpc) is 3.24. The highest BCUT2D eigenvalue weighted by molar-refractivity contribution is 5.94. The Morgan fingerprint density at radius 2 is 1.83 bits per heavy atom. The van der Waals surface area contributed by atoms with Crippen LogP contribution in [0.25, 0.3) is 17.2 Å². The van der Waals surface area contributed by atoms with Gasteiger partial charge in [0.1, 0.15) is 11.9 Å². The Bertz CT molecular complexity index is 1160. The van der Waals surface area contributed by atoms with E-state index in [2.05, 4.69) is 15.2 Å². The number of carbonyl (C=O) groups excluding carboxylic acids is 1. The SMILES string of the molecule is O=C(c1ccc(-c2nnc3ncccn23)cc1)N1CCCC(Oc2ccccc2)C1. The van der Waals surface area contributed by atoms with E-state index in [1.54, 1.807) is 6.20 Å². The highest BCUT2D eigenvalue weighted by Crippen LogP contribution is 2.22. The van der Waals surface area contributed by atoms with Crippen LogP contribution in [0, 0.1) is 0 Å². The van der Waals surface area contributed by atoms with Gasteiger partial charge in [-0.25, -0.2) is 4.98 Å². The lowest BCUT2D eigenvalue weighted by molar-refractivity contribution is 0.0538. The van der Waals surface area contributed by atoms with Crippen molar-refractivity contribution in [1.29, 1.82) is 0 Å². The van der Waals surface area contributed by atoms with Crippen LogP contribution in [0.2, 0.25) is 0 Å². The minimum Gasteiger partial charge on any atom is -0.489 e. The van der Waals surface area contributed by atoms with Crippen LogP contribution in [0.4, 0.5) is 0 Å². The fourth-order valence-corrected chi connectivity index (χ4v) is 3.79. The highest BCUT2D eigenvalue weighted by atomic mass is 16.5. The smallest absolute Gasteiger partial charge is 0.255 e. The van der Waals surface area contributed by atoms with Gasteiger partial charge in [-0.3, -0.25) is 9.20 Å². The zero-order chi connectivity index (χ0) is 20.3. The summed E-state index contributed by atoms with van der Waals surface area (Å²) in [5, 5.41) is 8.30. The molecule has 3 heterocycles. The van der Waals surface area contributed by atoms with Gasteiger partial charge in [0, 0.05) is 30.1 Å². The van der Waals surface area contributed by atoms with Crippen LogP contribution >= 0.6 is 0 Å². The van der Waals surface area contributed by atoms with Crippen LogP contribution < -0.4 is 4.74 Å². The number of nitrogens with zero attached hydrogens (tertiary/aromatic N) is 5. The summed E-state index contributed by atoms with van der Waals surface area (Å²) in [6.45, 7) is 1.34. The first-order chi connectivity index (χ1) is 14.8. The number of piperidine rings is 1. The molecule has 1 unspecified atom stereocenters. The molecule has 4 aromatic rings. The Labute approximate surface area is 174 Å². The first kappa shape index (κ1) is 18.3. The van der Waals surface area contributed by atoms with Crippen LogP contribution in [0.1, 0.15) is 23.2 Å². The van der Waals surface area contributed by atoms with Crippen molar-refractivity contribution in [3.63, 3.8) is 0 Å². The average molecular weight is 399 g/mol. The van der Waals surface area contributed by atoms with Crippen molar-refractivity contribution in [2.45, 2.75) is 18.9 Å².